The van der Waals surface area contributed by atoms with E-state index in [0.717, 1.165) is 97.7 Å². The van der Waals surface area contributed by atoms with Crippen LogP contribution in [-0.4, -0.2) is 176 Å². The van der Waals surface area contributed by atoms with Crippen LogP contribution in [0.4, 0.5) is 11.6 Å². The van der Waals surface area contributed by atoms with Crippen molar-refractivity contribution in [3.8, 4) is 33.8 Å². The van der Waals surface area contributed by atoms with Gasteiger partial charge < -0.3 is 71.5 Å². The fourth-order valence-corrected chi connectivity index (χ4v) is 10.8. The van der Waals surface area contributed by atoms with Gasteiger partial charge in [0.15, 0.2) is 16.8 Å². The number of benzene rings is 6. The molecule has 6 aromatic carbocycles. The minimum Gasteiger partial charge on any atom is -1.00 e. The molecule has 3 aromatic heterocycles. The number of aromatic nitrogens is 6. The molecule has 0 saturated carbocycles. The fourth-order valence-electron chi connectivity index (χ4n) is 10.6. The number of aliphatic hydroxyl groups excluding tert-OH is 1. The van der Waals surface area contributed by atoms with Gasteiger partial charge in [0, 0.05) is 64.3 Å². The molecule has 24 nitrogen and oxygen atoms in total. The molecule has 6 N–H and O–H groups in total. The Morgan fingerprint density at radius 1 is 0.558 bits per heavy atom. The normalized spacial score (nSPS) is 14.7. The van der Waals surface area contributed by atoms with Gasteiger partial charge in [0.25, 0.3) is 6.47 Å². The summed E-state index contributed by atoms with van der Waals surface area (Å²) >= 11 is 6.21. The number of aliphatic hydroxyl groups is 1. The van der Waals surface area contributed by atoms with Gasteiger partial charge in [-0.1, -0.05) is 103 Å². The maximum Gasteiger partial charge on any atom is 1.00 e. The second-order valence-electron chi connectivity index (χ2n) is 20.5. The Hall–Kier alpha value is -4.94. The summed E-state index contributed by atoms with van der Waals surface area (Å²) in [6.07, 6.45) is 6.85. The second kappa shape index (κ2) is 45.6. The second-order valence-corrected chi connectivity index (χ2v) is 20.8. The number of carbonyl (C=O) groups excluding carboxylic acids is 3. The quantitative estimate of drug-likeness (QED) is 0.0386. The number of rotatable bonds is 15. The number of aromatic carboxylic acids is 1. The molecule has 3 fully saturated rings. The van der Waals surface area contributed by atoms with Gasteiger partial charge in [-0.05, 0) is 99.7 Å². The molecule has 490 valence electrons. The van der Waals surface area contributed by atoms with Crippen LogP contribution < -0.4 is 153 Å². The first kappa shape index (κ1) is 86.2. The van der Waals surface area contributed by atoms with Crippen molar-refractivity contribution in [2.24, 2.45) is 0 Å². The molecule has 0 amide bonds. The minimum atomic E-state index is -0.967. The van der Waals surface area contributed by atoms with Crippen LogP contribution >= 0.6 is 11.6 Å². The number of halogens is 1. The van der Waals surface area contributed by atoms with Crippen molar-refractivity contribution in [2.45, 2.75) is 56.7 Å². The van der Waals surface area contributed by atoms with E-state index in [1.807, 2.05) is 97.1 Å². The summed E-state index contributed by atoms with van der Waals surface area (Å²) in [5, 5.41) is 28.4. The van der Waals surface area contributed by atoms with Crippen LogP contribution in [0.1, 0.15) is 71.0 Å². The van der Waals surface area contributed by atoms with E-state index in [1.54, 1.807) is 69.9 Å². The summed E-state index contributed by atoms with van der Waals surface area (Å²) in [4.78, 5) is 79.0. The molecule has 95 heavy (non-hydrogen) atoms. The van der Waals surface area contributed by atoms with Crippen molar-refractivity contribution >= 4 is 80.7 Å². The monoisotopic (exact) mass is 1380 g/mol. The summed E-state index contributed by atoms with van der Waals surface area (Å²) < 4.78 is 25.3. The summed E-state index contributed by atoms with van der Waals surface area (Å²) in [7, 11) is 8.90. The number of fused-ring (bicyclic) bond motifs is 3. The van der Waals surface area contributed by atoms with E-state index >= 15 is 0 Å². The number of esters is 2. The Kier molecular flexibility index (Phi) is 41.4. The molecule has 0 bridgehead atoms. The summed E-state index contributed by atoms with van der Waals surface area (Å²) in [5.74, 6) is -0.139. The van der Waals surface area contributed by atoms with E-state index in [2.05, 4.69) is 34.7 Å². The van der Waals surface area contributed by atoms with E-state index in [-0.39, 0.29) is 175 Å². The third-order valence-corrected chi connectivity index (χ3v) is 15.0. The van der Waals surface area contributed by atoms with Crippen molar-refractivity contribution in [3.63, 3.8) is 0 Å². The number of carboxylic acid groups (broad SMARTS) is 1. The van der Waals surface area contributed by atoms with Crippen LogP contribution in [-0.2, 0) is 33.4 Å². The van der Waals surface area contributed by atoms with E-state index in [0.29, 0.717) is 68.8 Å². The average Bonchev–Trinajstić information content (AvgIpc) is 1.22. The van der Waals surface area contributed by atoms with Gasteiger partial charge >= 0.3 is 150 Å². The van der Waals surface area contributed by atoms with Crippen LogP contribution in [0.25, 0.3) is 66.9 Å². The van der Waals surface area contributed by atoms with Crippen molar-refractivity contribution in [1.29, 1.82) is 0 Å². The molecule has 28 heteroatoms. The third-order valence-electron chi connectivity index (χ3n) is 14.7. The van der Waals surface area contributed by atoms with Crippen LogP contribution in [0.5, 0.6) is 0 Å². The Balaban J connectivity index is 0.000000639. The summed E-state index contributed by atoms with van der Waals surface area (Å²) in [6.45, 7) is 4.94. The Labute approximate surface area is 665 Å². The maximum atomic E-state index is 11.9. The van der Waals surface area contributed by atoms with E-state index in [9.17, 15) is 19.5 Å². The van der Waals surface area contributed by atoms with Crippen molar-refractivity contribution in [2.75, 3.05) is 91.9 Å². The summed E-state index contributed by atoms with van der Waals surface area (Å²) in [5.41, 5.74) is 10.2. The van der Waals surface area contributed by atoms with Gasteiger partial charge in [0.2, 0.25) is 0 Å². The molecule has 3 atom stereocenters. The van der Waals surface area contributed by atoms with Gasteiger partial charge in [0.1, 0.15) is 17.1 Å². The predicted molar refractivity (Wildman–Crippen MR) is 349 cm³/mol. The first-order chi connectivity index (χ1) is 43.9. The number of anilines is 2. The number of hydrogen-bond acceptors (Lipinski definition) is 22. The molecule has 3 saturated heterocycles. The van der Waals surface area contributed by atoms with Gasteiger partial charge in [-0.15, -0.1) is 0 Å². The van der Waals surface area contributed by atoms with Crippen LogP contribution in [0.3, 0.4) is 0 Å². The first-order valence-corrected chi connectivity index (χ1v) is 29.4. The molecule has 3 aliphatic rings. The van der Waals surface area contributed by atoms with Gasteiger partial charge in [-0.3, -0.25) is 4.79 Å². The molecule has 6 heterocycles. The Morgan fingerprint density at radius 3 is 1.28 bits per heavy atom. The minimum absolute atomic E-state index is 0. The topological polar surface area (TPSA) is 345 Å². The predicted octanol–water partition coefficient (Wildman–Crippen LogP) is -0.403. The van der Waals surface area contributed by atoms with E-state index in [1.165, 1.54) is 33.6 Å². The van der Waals surface area contributed by atoms with Crippen LogP contribution in [0.15, 0.2) is 146 Å². The number of hydrogen-bond donors (Lipinski definition) is 3. The number of carbonyl (C=O) groups is 4. The van der Waals surface area contributed by atoms with Crippen molar-refractivity contribution < 1.29 is 208 Å². The number of nitrogens with one attached hydrogen (secondary N) is 1. The van der Waals surface area contributed by atoms with E-state index < -0.39 is 11.9 Å². The zero-order valence-electron chi connectivity index (χ0n) is 55.9. The van der Waals surface area contributed by atoms with Crippen LogP contribution in [0.2, 0.25) is 5.15 Å². The fraction of sp³-hybridized carbons (Fsp3) is 0.313. The molecule has 3 aliphatic heterocycles. The van der Waals surface area contributed by atoms with E-state index in [4.69, 9.17) is 65.6 Å². The molecule has 0 radical (unpaired) electrons. The smallest absolute Gasteiger partial charge is 1.00 e. The standard InChI is InChI=1S/C22H23N3O3.C21H21N3O3.C16H11ClN2O2.C6H13NO.CH2O3.CH4O.2K.Na.2H2O.H/c1-27-14-17-9-6-12-25(17)21-20(15-7-4-3-5-8-15)23-18-11-10-16(22(26)28-2)13-19(18)24-21;1-27-13-16-8-5-11-24(16)20-19(14-6-3-2-4-7-14)22-17-10-9-15(21(25)26)12-18(17)23-20;1-21-16(20)11-7-8-12-13(9-11)19-15(17)14(18-12)10-5-3-2-4-6-10;1-8-5-6-3-2-4-7-6;2-1-4-3;1-2;;;;;;/h3-5,7-8,10-11,13,17H,6,9,12,14H2,1-2H3;2-4,6-7,9-10,12,16H,5,8,11,13H2,1H3,(H,25,26);2-9H,1H3;6-7H,2-5H2,1H3;1,3H;2H,1H3;;;;2*1H2;/q;;;;;;3*+1;;;-1/p-2/t17-;16-;;6-;;;;;;;;/m11.1......../s1. The first-order valence-electron chi connectivity index (χ1n) is 29.0. The molecular formula is C67H77ClK2N9NaO15. The molecule has 12 rings (SSSR count). The molecule has 0 aliphatic carbocycles. The zero-order valence-corrected chi connectivity index (χ0v) is 63.9. The largest absolute Gasteiger partial charge is 1.00 e. The number of carboxylic acids is 1. The number of ether oxygens (including phenoxy) is 5. The Morgan fingerprint density at radius 2 is 0.926 bits per heavy atom. The molecule has 9 aromatic rings. The maximum absolute atomic E-state index is 11.9. The van der Waals surface area contributed by atoms with Gasteiger partial charge in [0.05, 0.1) is 95.9 Å². The Bertz CT molecular complexity index is 3810. The summed E-state index contributed by atoms with van der Waals surface area (Å²) in [6, 6.07) is 46.0. The van der Waals surface area contributed by atoms with Crippen molar-refractivity contribution in [1.82, 2.24) is 35.2 Å². The van der Waals surface area contributed by atoms with Gasteiger partial charge in [-0.2, -0.15) is 0 Å². The average molecular weight is 1390 g/mol. The molecule has 0 spiro atoms. The third kappa shape index (κ3) is 24.2. The zero-order chi connectivity index (χ0) is 64.4. The number of methoxy groups -OCH3 is 5. The molecule has 0 unspecified atom stereocenters. The van der Waals surface area contributed by atoms with Crippen molar-refractivity contribution in [3.05, 3.63) is 167 Å². The number of nitrogens with zero attached hydrogens (tertiary/aromatic N) is 8. The SMILES string of the molecule is CO.COC(=O)c1ccc2nc(-c3ccccc3)c(Cl)nc2c1.COC[C@H]1CCCN1.COC[C@H]1CCCN1c1nc2cc(C(=O)O)ccc2nc1-c1ccccc1.COC[C@H]1CCCN1c1nc2cc(C(=O)OC)ccc2nc1-c1ccccc1.O.O=CO[O-].[H-].[K+].[K+].[Na+].[OH-]. The van der Waals surface area contributed by atoms with Gasteiger partial charge in [-0.25, -0.2) is 44.3 Å². The van der Waals surface area contributed by atoms with Crippen LogP contribution in [0, 0.1) is 0 Å². The molecular weight excluding hydrogens is 1310 g/mol.